The van der Waals surface area contributed by atoms with Crippen LogP contribution in [-0.4, -0.2) is 38.6 Å². The molecule has 1 unspecified atom stereocenters. The van der Waals surface area contributed by atoms with Crippen LogP contribution in [-0.2, 0) is 0 Å². The Hall–Kier alpha value is -2.33. The van der Waals surface area contributed by atoms with Gasteiger partial charge in [-0.15, -0.1) is 0 Å². The smallest absolute Gasteiger partial charge is 0.251 e. The lowest BCUT2D eigenvalue weighted by atomic mass is 10.0. The number of ether oxygens (including phenoxy) is 1. The summed E-state index contributed by atoms with van der Waals surface area (Å²) in [4.78, 5) is 14.6. The summed E-state index contributed by atoms with van der Waals surface area (Å²) >= 11 is 0. The van der Waals surface area contributed by atoms with Crippen molar-refractivity contribution in [2.45, 2.75) is 25.8 Å². The highest BCUT2D eigenvalue weighted by atomic mass is 16.5. The molecule has 0 radical (unpaired) electrons. The van der Waals surface area contributed by atoms with E-state index >= 15 is 0 Å². The first-order chi connectivity index (χ1) is 11.9. The summed E-state index contributed by atoms with van der Waals surface area (Å²) in [6.45, 7) is 4.80. The molecule has 1 amide bonds. The number of benzene rings is 2. The van der Waals surface area contributed by atoms with Crippen molar-refractivity contribution in [3.8, 4) is 5.75 Å². The van der Waals surface area contributed by atoms with E-state index in [1.54, 1.807) is 7.11 Å². The second kappa shape index (κ2) is 8.67. The van der Waals surface area contributed by atoms with Crippen LogP contribution >= 0.6 is 0 Å². The first kappa shape index (κ1) is 19.0. The predicted octanol–water partition coefficient (Wildman–Crippen LogP) is 3.85. The Morgan fingerprint density at radius 3 is 2.28 bits per heavy atom. The fourth-order valence-corrected chi connectivity index (χ4v) is 2.82. The van der Waals surface area contributed by atoms with Crippen molar-refractivity contribution >= 4 is 5.91 Å². The largest absolute Gasteiger partial charge is 0.496 e. The molecule has 4 nitrogen and oxygen atoms in total. The molecule has 0 bridgehead atoms. The van der Waals surface area contributed by atoms with Crippen LogP contribution in [0.2, 0.25) is 0 Å². The van der Waals surface area contributed by atoms with Crippen molar-refractivity contribution in [1.82, 2.24) is 10.2 Å². The van der Waals surface area contributed by atoms with E-state index in [0.29, 0.717) is 18.0 Å². The summed E-state index contributed by atoms with van der Waals surface area (Å²) in [6, 6.07) is 15.8. The zero-order valence-corrected chi connectivity index (χ0v) is 15.7. The van der Waals surface area contributed by atoms with Gasteiger partial charge in [-0.2, -0.15) is 0 Å². The molecule has 2 aromatic rings. The molecule has 25 heavy (non-hydrogen) atoms. The van der Waals surface area contributed by atoms with Crippen molar-refractivity contribution < 1.29 is 9.53 Å². The Morgan fingerprint density at radius 2 is 1.72 bits per heavy atom. The summed E-state index contributed by atoms with van der Waals surface area (Å²) in [6.07, 6.45) is 0. The summed E-state index contributed by atoms with van der Waals surface area (Å²) in [5.74, 6) is 1.23. The third kappa shape index (κ3) is 4.83. The van der Waals surface area contributed by atoms with Gasteiger partial charge in [0.1, 0.15) is 5.75 Å². The second-order valence-corrected chi connectivity index (χ2v) is 6.71. The quantitative estimate of drug-likeness (QED) is 0.832. The molecule has 0 heterocycles. The standard InChI is InChI=1S/C21H28N2O2/c1-15(2)16-10-12-17(13-11-16)21(24)22-14-19(23(3)4)18-8-6-7-9-20(18)25-5/h6-13,15,19H,14H2,1-5H3,(H,22,24). The van der Waals surface area contributed by atoms with Crippen molar-refractivity contribution in [1.29, 1.82) is 0 Å². The van der Waals surface area contributed by atoms with Gasteiger partial charge in [-0.05, 0) is 43.8 Å². The number of carbonyl (C=O) groups excluding carboxylic acids is 1. The maximum absolute atomic E-state index is 12.5. The number of hydrogen-bond donors (Lipinski definition) is 1. The number of methoxy groups -OCH3 is 1. The molecule has 0 aliphatic rings. The van der Waals surface area contributed by atoms with Crippen molar-refractivity contribution in [3.63, 3.8) is 0 Å². The number of para-hydroxylation sites is 1. The molecule has 2 aromatic carbocycles. The van der Waals surface area contributed by atoms with Gasteiger partial charge in [0.25, 0.3) is 5.91 Å². The van der Waals surface area contributed by atoms with E-state index in [4.69, 9.17) is 4.74 Å². The van der Waals surface area contributed by atoms with Gasteiger partial charge in [0, 0.05) is 17.7 Å². The normalized spacial score (nSPS) is 12.3. The minimum atomic E-state index is -0.0583. The number of amides is 1. The molecule has 0 aliphatic carbocycles. The number of rotatable bonds is 7. The molecular formula is C21H28N2O2. The topological polar surface area (TPSA) is 41.6 Å². The molecule has 0 aliphatic heterocycles. The molecule has 0 saturated heterocycles. The summed E-state index contributed by atoms with van der Waals surface area (Å²) < 4.78 is 5.46. The SMILES string of the molecule is COc1ccccc1C(CNC(=O)c1ccc(C(C)C)cc1)N(C)C. The molecule has 0 aromatic heterocycles. The Kier molecular flexibility index (Phi) is 6.59. The van der Waals surface area contributed by atoms with Gasteiger partial charge in [0.15, 0.2) is 0 Å². The van der Waals surface area contributed by atoms with Crippen molar-refractivity contribution in [2.75, 3.05) is 27.7 Å². The third-order valence-corrected chi connectivity index (χ3v) is 4.42. The number of nitrogens with one attached hydrogen (secondary N) is 1. The van der Waals surface area contributed by atoms with Crippen LogP contribution in [0.5, 0.6) is 5.75 Å². The molecule has 0 spiro atoms. The zero-order valence-electron chi connectivity index (χ0n) is 15.7. The second-order valence-electron chi connectivity index (χ2n) is 6.71. The molecule has 1 atom stereocenters. The Labute approximate surface area is 150 Å². The molecule has 0 saturated carbocycles. The molecule has 134 valence electrons. The van der Waals surface area contributed by atoms with Crippen LogP contribution < -0.4 is 10.1 Å². The van der Waals surface area contributed by atoms with Crippen LogP contribution in [0.15, 0.2) is 48.5 Å². The lowest BCUT2D eigenvalue weighted by Crippen LogP contribution is -2.34. The van der Waals surface area contributed by atoms with Gasteiger partial charge < -0.3 is 15.0 Å². The number of hydrogen-bond acceptors (Lipinski definition) is 3. The number of nitrogens with zero attached hydrogens (tertiary/aromatic N) is 1. The highest BCUT2D eigenvalue weighted by molar-refractivity contribution is 5.94. The van der Waals surface area contributed by atoms with Gasteiger partial charge in [-0.3, -0.25) is 4.79 Å². The van der Waals surface area contributed by atoms with E-state index in [1.165, 1.54) is 5.56 Å². The maximum atomic E-state index is 12.5. The Balaban J connectivity index is 2.09. The molecule has 4 heteroatoms. The van der Waals surface area contributed by atoms with Gasteiger partial charge >= 0.3 is 0 Å². The van der Waals surface area contributed by atoms with Crippen LogP contribution in [0.4, 0.5) is 0 Å². The average molecular weight is 340 g/mol. The van der Waals surface area contributed by atoms with E-state index in [1.807, 2.05) is 62.6 Å². The van der Waals surface area contributed by atoms with E-state index in [2.05, 4.69) is 24.1 Å². The van der Waals surface area contributed by atoms with E-state index in [0.717, 1.165) is 11.3 Å². The Bertz CT molecular complexity index is 693. The first-order valence-corrected chi connectivity index (χ1v) is 8.61. The Morgan fingerprint density at radius 1 is 1.08 bits per heavy atom. The fourth-order valence-electron chi connectivity index (χ4n) is 2.82. The fraction of sp³-hybridized carbons (Fsp3) is 0.381. The van der Waals surface area contributed by atoms with Gasteiger partial charge in [-0.1, -0.05) is 44.2 Å². The monoisotopic (exact) mass is 340 g/mol. The molecule has 0 fully saturated rings. The molecule has 1 N–H and O–H groups in total. The highest BCUT2D eigenvalue weighted by Crippen LogP contribution is 2.27. The van der Waals surface area contributed by atoms with Crippen molar-refractivity contribution in [2.24, 2.45) is 0 Å². The summed E-state index contributed by atoms with van der Waals surface area (Å²) in [5, 5.41) is 3.04. The van der Waals surface area contributed by atoms with Crippen LogP contribution in [0, 0.1) is 0 Å². The minimum Gasteiger partial charge on any atom is -0.496 e. The zero-order chi connectivity index (χ0) is 18.4. The number of carbonyl (C=O) groups is 1. The predicted molar refractivity (Wildman–Crippen MR) is 102 cm³/mol. The highest BCUT2D eigenvalue weighted by Gasteiger charge is 2.19. The summed E-state index contributed by atoms with van der Waals surface area (Å²) in [7, 11) is 5.67. The van der Waals surface area contributed by atoms with Gasteiger partial charge in [0.05, 0.1) is 13.2 Å². The molecular weight excluding hydrogens is 312 g/mol. The molecule has 2 rings (SSSR count). The lowest BCUT2D eigenvalue weighted by molar-refractivity contribution is 0.0941. The van der Waals surface area contributed by atoms with Crippen molar-refractivity contribution in [3.05, 3.63) is 65.2 Å². The first-order valence-electron chi connectivity index (χ1n) is 8.61. The van der Waals surface area contributed by atoms with Gasteiger partial charge in [0.2, 0.25) is 0 Å². The van der Waals surface area contributed by atoms with Gasteiger partial charge in [-0.25, -0.2) is 0 Å². The lowest BCUT2D eigenvalue weighted by Gasteiger charge is -2.26. The average Bonchev–Trinajstić information content (AvgIpc) is 2.61. The van der Waals surface area contributed by atoms with E-state index in [-0.39, 0.29) is 11.9 Å². The maximum Gasteiger partial charge on any atom is 0.251 e. The minimum absolute atomic E-state index is 0.0371. The number of likely N-dealkylation sites (N-methyl/N-ethyl adjacent to an activating group) is 1. The third-order valence-electron chi connectivity index (χ3n) is 4.42. The van der Waals surface area contributed by atoms with Crippen LogP contribution in [0.1, 0.15) is 47.3 Å². The van der Waals surface area contributed by atoms with E-state index in [9.17, 15) is 4.79 Å². The van der Waals surface area contributed by atoms with Crippen LogP contribution in [0.25, 0.3) is 0 Å². The van der Waals surface area contributed by atoms with Crippen LogP contribution in [0.3, 0.4) is 0 Å². The van der Waals surface area contributed by atoms with E-state index < -0.39 is 0 Å². The summed E-state index contributed by atoms with van der Waals surface area (Å²) in [5.41, 5.74) is 2.98.